The Bertz CT molecular complexity index is 278. The van der Waals surface area contributed by atoms with Gasteiger partial charge >= 0.3 is 0 Å². The van der Waals surface area contributed by atoms with Crippen LogP contribution in [-0.4, -0.2) is 28.2 Å². The van der Waals surface area contributed by atoms with E-state index in [1.165, 1.54) is 0 Å². The Balaban J connectivity index is 2.41. The number of hydrogen-bond donors (Lipinski definition) is 2. The van der Waals surface area contributed by atoms with Crippen molar-refractivity contribution < 1.29 is 5.11 Å². The molecule has 0 saturated heterocycles. The second-order valence-electron chi connectivity index (χ2n) is 3.49. The average molecular weight is 195 g/mol. The number of aliphatic hydroxyl groups is 1. The van der Waals surface area contributed by atoms with Crippen molar-refractivity contribution in [3.63, 3.8) is 0 Å². The molecule has 0 spiro atoms. The molecule has 0 aromatic carbocycles. The third-order valence-corrected chi connectivity index (χ3v) is 2.12. The molecule has 78 valence electrons. The van der Waals surface area contributed by atoms with E-state index in [0.717, 1.165) is 24.5 Å². The molecule has 2 N–H and O–H groups in total. The Kier molecular flexibility index (Phi) is 4.32. The van der Waals surface area contributed by atoms with Gasteiger partial charge in [-0.15, -0.1) is 0 Å². The molecule has 0 bridgehead atoms. The molecule has 1 aromatic heterocycles. The van der Waals surface area contributed by atoms with Gasteiger partial charge in [-0.3, -0.25) is 4.98 Å². The maximum Gasteiger partial charge on any atom is 0.147 e. The van der Waals surface area contributed by atoms with Gasteiger partial charge in [0.2, 0.25) is 0 Å². The zero-order chi connectivity index (χ0) is 10.4. The lowest BCUT2D eigenvalue weighted by molar-refractivity contribution is 0.266. The van der Waals surface area contributed by atoms with E-state index in [2.05, 4.69) is 22.2 Å². The van der Waals surface area contributed by atoms with Crippen molar-refractivity contribution in [2.24, 2.45) is 5.92 Å². The van der Waals surface area contributed by atoms with Gasteiger partial charge in [0.1, 0.15) is 5.82 Å². The lowest BCUT2D eigenvalue weighted by atomic mass is 10.1. The highest BCUT2D eigenvalue weighted by Crippen LogP contribution is 2.08. The molecular formula is C10H17N3O. The van der Waals surface area contributed by atoms with Gasteiger partial charge in [0, 0.05) is 25.5 Å². The second-order valence-corrected chi connectivity index (χ2v) is 3.49. The van der Waals surface area contributed by atoms with Crippen LogP contribution < -0.4 is 5.32 Å². The molecule has 0 aliphatic heterocycles. The summed E-state index contributed by atoms with van der Waals surface area (Å²) < 4.78 is 0. The van der Waals surface area contributed by atoms with Gasteiger partial charge in [-0.2, -0.15) is 0 Å². The summed E-state index contributed by atoms with van der Waals surface area (Å²) in [6.07, 6.45) is 4.16. The minimum atomic E-state index is 0.238. The summed E-state index contributed by atoms with van der Waals surface area (Å²) in [6, 6.07) is 0. The number of hydrogen-bond acceptors (Lipinski definition) is 4. The van der Waals surface area contributed by atoms with Crippen LogP contribution in [0.3, 0.4) is 0 Å². The zero-order valence-corrected chi connectivity index (χ0v) is 8.70. The number of anilines is 1. The van der Waals surface area contributed by atoms with Crippen LogP contribution in [0.2, 0.25) is 0 Å². The fourth-order valence-electron chi connectivity index (χ4n) is 1.17. The van der Waals surface area contributed by atoms with Crippen LogP contribution in [0.4, 0.5) is 5.82 Å². The van der Waals surface area contributed by atoms with Gasteiger partial charge in [0.05, 0.1) is 5.69 Å². The molecule has 0 amide bonds. The van der Waals surface area contributed by atoms with E-state index < -0.39 is 0 Å². The maximum absolute atomic E-state index is 8.73. The average Bonchev–Trinajstić information content (AvgIpc) is 2.17. The Hall–Kier alpha value is -1.16. The topological polar surface area (TPSA) is 58.0 Å². The lowest BCUT2D eigenvalue weighted by Gasteiger charge is -2.12. The largest absolute Gasteiger partial charge is 0.396 e. The summed E-state index contributed by atoms with van der Waals surface area (Å²) in [5.41, 5.74) is 0.906. The van der Waals surface area contributed by atoms with Crippen molar-refractivity contribution in [1.82, 2.24) is 9.97 Å². The molecule has 1 aromatic rings. The van der Waals surface area contributed by atoms with Crippen LogP contribution in [0.15, 0.2) is 12.4 Å². The standard InChI is InChI=1S/C10H17N3O/c1-8(3-6-14)7-13-10-9(2)11-4-5-12-10/h4-5,8,14H,3,6-7H2,1-2H3,(H,12,13). The van der Waals surface area contributed by atoms with E-state index in [-0.39, 0.29) is 6.61 Å². The molecule has 0 fully saturated rings. The highest BCUT2D eigenvalue weighted by Gasteiger charge is 2.03. The lowest BCUT2D eigenvalue weighted by Crippen LogP contribution is -2.14. The second kappa shape index (κ2) is 5.54. The third-order valence-electron chi connectivity index (χ3n) is 2.12. The molecule has 1 heterocycles. The van der Waals surface area contributed by atoms with E-state index in [1.54, 1.807) is 12.4 Å². The molecule has 0 aliphatic carbocycles. The monoisotopic (exact) mass is 195 g/mol. The van der Waals surface area contributed by atoms with Crippen LogP contribution in [0.25, 0.3) is 0 Å². The number of nitrogens with zero attached hydrogens (tertiary/aromatic N) is 2. The molecule has 4 nitrogen and oxygen atoms in total. The normalized spacial score (nSPS) is 12.5. The minimum Gasteiger partial charge on any atom is -0.396 e. The summed E-state index contributed by atoms with van der Waals surface area (Å²) >= 11 is 0. The summed E-state index contributed by atoms with van der Waals surface area (Å²) in [5, 5.41) is 11.9. The number of aliphatic hydroxyl groups excluding tert-OH is 1. The third kappa shape index (κ3) is 3.30. The van der Waals surface area contributed by atoms with Crippen molar-refractivity contribution in [2.45, 2.75) is 20.3 Å². The summed E-state index contributed by atoms with van der Waals surface area (Å²) in [4.78, 5) is 8.30. The fourth-order valence-corrected chi connectivity index (χ4v) is 1.17. The predicted octanol–water partition coefficient (Wildman–Crippen LogP) is 1.22. The van der Waals surface area contributed by atoms with Crippen molar-refractivity contribution >= 4 is 5.82 Å². The van der Waals surface area contributed by atoms with Crippen LogP contribution in [0.1, 0.15) is 19.0 Å². The number of aryl methyl sites for hydroxylation is 1. The smallest absolute Gasteiger partial charge is 0.147 e. The highest BCUT2D eigenvalue weighted by molar-refractivity contribution is 5.38. The number of aromatic nitrogens is 2. The quantitative estimate of drug-likeness (QED) is 0.741. The molecule has 1 unspecified atom stereocenters. The van der Waals surface area contributed by atoms with Gasteiger partial charge in [0.15, 0.2) is 0 Å². The van der Waals surface area contributed by atoms with Gasteiger partial charge in [-0.05, 0) is 19.3 Å². The summed E-state index contributed by atoms with van der Waals surface area (Å²) in [5.74, 6) is 1.28. The van der Waals surface area contributed by atoms with Crippen molar-refractivity contribution in [3.8, 4) is 0 Å². The predicted molar refractivity (Wildman–Crippen MR) is 56.1 cm³/mol. The van der Waals surface area contributed by atoms with Crippen molar-refractivity contribution in [1.29, 1.82) is 0 Å². The van der Waals surface area contributed by atoms with Crippen molar-refractivity contribution in [2.75, 3.05) is 18.5 Å². The van der Waals surface area contributed by atoms with Crippen molar-refractivity contribution in [3.05, 3.63) is 18.1 Å². The molecule has 0 aliphatic rings. The van der Waals surface area contributed by atoms with Crippen LogP contribution in [0.5, 0.6) is 0 Å². The van der Waals surface area contributed by atoms with Gasteiger partial charge in [-0.1, -0.05) is 6.92 Å². The van der Waals surface area contributed by atoms with E-state index in [1.807, 2.05) is 6.92 Å². The zero-order valence-electron chi connectivity index (χ0n) is 8.70. The number of rotatable bonds is 5. The van der Waals surface area contributed by atoms with E-state index in [0.29, 0.717) is 5.92 Å². The Morgan fingerprint density at radius 2 is 2.14 bits per heavy atom. The summed E-state index contributed by atoms with van der Waals surface area (Å²) in [6.45, 7) is 5.07. The maximum atomic E-state index is 8.73. The SMILES string of the molecule is Cc1nccnc1NCC(C)CCO. The molecule has 1 rings (SSSR count). The fraction of sp³-hybridized carbons (Fsp3) is 0.600. The molecular weight excluding hydrogens is 178 g/mol. The first-order valence-corrected chi connectivity index (χ1v) is 4.86. The van der Waals surface area contributed by atoms with E-state index in [9.17, 15) is 0 Å². The van der Waals surface area contributed by atoms with E-state index in [4.69, 9.17) is 5.11 Å². The Morgan fingerprint density at radius 1 is 1.43 bits per heavy atom. The first-order chi connectivity index (χ1) is 6.74. The van der Waals surface area contributed by atoms with Crippen LogP contribution in [-0.2, 0) is 0 Å². The highest BCUT2D eigenvalue weighted by atomic mass is 16.3. The molecule has 0 radical (unpaired) electrons. The number of nitrogens with one attached hydrogen (secondary N) is 1. The van der Waals surface area contributed by atoms with Gasteiger partial charge in [-0.25, -0.2) is 4.98 Å². The minimum absolute atomic E-state index is 0.238. The first kappa shape index (κ1) is 10.9. The van der Waals surface area contributed by atoms with Gasteiger partial charge in [0.25, 0.3) is 0 Å². The van der Waals surface area contributed by atoms with Crippen LogP contribution >= 0.6 is 0 Å². The molecule has 0 saturated carbocycles. The molecule has 4 heteroatoms. The molecule has 1 atom stereocenters. The molecule has 14 heavy (non-hydrogen) atoms. The first-order valence-electron chi connectivity index (χ1n) is 4.86. The summed E-state index contributed by atoms with van der Waals surface area (Å²) in [7, 11) is 0. The van der Waals surface area contributed by atoms with Crippen LogP contribution in [0, 0.1) is 12.8 Å². The Morgan fingerprint density at radius 3 is 2.79 bits per heavy atom. The Labute approximate surface area is 84.4 Å². The van der Waals surface area contributed by atoms with Gasteiger partial charge < -0.3 is 10.4 Å². The van der Waals surface area contributed by atoms with E-state index >= 15 is 0 Å².